The first kappa shape index (κ1) is 16.1. The van der Waals surface area contributed by atoms with Crippen LogP contribution in [0, 0.1) is 11.3 Å². The van der Waals surface area contributed by atoms with E-state index in [9.17, 15) is 5.26 Å². The van der Waals surface area contributed by atoms with E-state index in [4.69, 9.17) is 13.9 Å². The molecule has 124 valence electrons. The molecule has 0 spiro atoms. The Morgan fingerprint density at radius 3 is 2.67 bits per heavy atom. The third-order valence-electron chi connectivity index (χ3n) is 3.64. The summed E-state index contributed by atoms with van der Waals surface area (Å²) in [5, 5.41) is 9.26. The van der Waals surface area contributed by atoms with Crippen LogP contribution in [-0.2, 0) is 4.74 Å². The lowest BCUT2D eigenvalue weighted by molar-refractivity contribution is 0.120. The van der Waals surface area contributed by atoms with Crippen molar-refractivity contribution in [2.75, 3.05) is 37.8 Å². The summed E-state index contributed by atoms with van der Waals surface area (Å²) in [4.78, 5) is 6.23. The number of ether oxygens (including phenoxy) is 2. The summed E-state index contributed by atoms with van der Waals surface area (Å²) in [6, 6.07) is 9.84. The molecule has 1 fully saturated rings. The van der Waals surface area contributed by atoms with Crippen molar-refractivity contribution in [2.45, 2.75) is 6.92 Å². The van der Waals surface area contributed by atoms with E-state index >= 15 is 0 Å². The zero-order chi connectivity index (χ0) is 16.8. The van der Waals surface area contributed by atoms with Gasteiger partial charge in [-0.2, -0.15) is 10.2 Å². The van der Waals surface area contributed by atoms with Gasteiger partial charge in [-0.25, -0.2) is 0 Å². The van der Waals surface area contributed by atoms with Crippen molar-refractivity contribution in [2.24, 2.45) is 0 Å². The Bertz CT molecular complexity index is 738. The molecule has 1 saturated heterocycles. The predicted molar refractivity (Wildman–Crippen MR) is 90.8 cm³/mol. The van der Waals surface area contributed by atoms with Gasteiger partial charge in [-0.3, -0.25) is 0 Å². The third kappa shape index (κ3) is 3.76. The van der Waals surface area contributed by atoms with Crippen LogP contribution >= 0.6 is 0 Å². The Hall–Kier alpha value is -2.78. The molecule has 0 saturated carbocycles. The Labute approximate surface area is 140 Å². The minimum Gasteiger partial charge on any atom is -0.494 e. The molecule has 0 unspecified atom stereocenters. The zero-order valence-electron chi connectivity index (χ0n) is 13.6. The van der Waals surface area contributed by atoms with E-state index in [-0.39, 0.29) is 0 Å². The molecular weight excluding hydrogens is 306 g/mol. The first-order valence-electron chi connectivity index (χ1n) is 7.94. The van der Waals surface area contributed by atoms with Crippen LogP contribution in [0.4, 0.5) is 5.88 Å². The van der Waals surface area contributed by atoms with Gasteiger partial charge >= 0.3 is 0 Å². The van der Waals surface area contributed by atoms with Crippen molar-refractivity contribution in [1.82, 2.24) is 4.98 Å². The molecule has 3 rings (SSSR count). The normalized spacial score (nSPS) is 14.8. The van der Waals surface area contributed by atoms with Gasteiger partial charge in [0.25, 0.3) is 0 Å². The average molecular weight is 325 g/mol. The van der Waals surface area contributed by atoms with Crippen LogP contribution in [0.1, 0.15) is 24.1 Å². The van der Waals surface area contributed by atoms with Crippen LogP contribution in [0.3, 0.4) is 0 Å². The SMILES string of the molecule is CCOc1ccc(C=Cc2nc(C#N)c(N3CCOCC3)o2)cc1. The highest BCUT2D eigenvalue weighted by molar-refractivity contribution is 5.67. The predicted octanol–water partition coefficient (Wildman–Crippen LogP) is 2.95. The fourth-order valence-electron chi connectivity index (χ4n) is 2.46. The molecular formula is C18H19N3O3. The number of hydrogen-bond acceptors (Lipinski definition) is 6. The quantitative estimate of drug-likeness (QED) is 0.841. The van der Waals surface area contributed by atoms with E-state index in [0.717, 1.165) is 11.3 Å². The van der Waals surface area contributed by atoms with E-state index in [1.54, 1.807) is 6.08 Å². The van der Waals surface area contributed by atoms with Crippen LogP contribution in [0.15, 0.2) is 28.7 Å². The van der Waals surface area contributed by atoms with Crippen molar-refractivity contribution in [3.8, 4) is 11.8 Å². The Morgan fingerprint density at radius 1 is 1.25 bits per heavy atom. The number of rotatable bonds is 5. The zero-order valence-corrected chi connectivity index (χ0v) is 13.6. The van der Waals surface area contributed by atoms with Crippen molar-refractivity contribution in [3.05, 3.63) is 41.4 Å². The summed E-state index contributed by atoms with van der Waals surface area (Å²) in [6.45, 7) is 5.26. The number of benzene rings is 1. The maximum Gasteiger partial charge on any atom is 0.235 e. The molecule has 1 aliphatic rings. The monoisotopic (exact) mass is 325 g/mol. The van der Waals surface area contributed by atoms with Crippen molar-refractivity contribution in [1.29, 1.82) is 5.26 Å². The Morgan fingerprint density at radius 2 is 2.00 bits per heavy atom. The standard InChI is InChI=1S/C18H19N3O3/c1-2-23-15-6-3-14(4-7-15)5-8-17-20-16(13-19)18(24-17)21-9-11-22-12-10-21/h3-8H,2,9-12H2,1H3. The van der Waals surface area contributed by atoms with E-state index in [1.165, 1.54) is 0 Å². The number of oxazole rings is 1. The Balaban J connectivity index is 1.75. The summed E-state index contributed by atoms with van der Waals surface area (Å²) in [6.07, 6.45) is 3.66. The van der Waals surface area contributed by atoms with Crippen LogP contribution in [0.25, 0.3) is 12.2 Å². The second kappa shape index (κ2) is 7.66. The highest BCUT2D eigenvalue weighted by Crippen LogP contribution is 2.24. The van der Waals surface area contributed by atoms with Crippen molar-refractivity contribution < 1.29 is 13.9 Å². The highest BCUT2D eigenvalue weighted by Gasteiger charge is 2.20. The molecule has 6 nitrogen and oxygen atoms in total. The van der Waals surface area contributed by atoms with Crippen molar-refractivity contribution >= 4 is 18.0 Å². The maximum absolute atomic E-state index is 9.26. The van der Waals surface area contributed by atoms with Crippen LogP contribution in [0.5, 0.6) is 5.75 Å². The molecule has 0 amide bonds. The van der Waals surface area contributed by atoms with Gasteiger partial charge in [0.1, 0.15) is 11.8 Å². The molecule has 0 N–H and O–H groups in total. The molecule has 6 heteroatoms. The summed E-state index contributed by atoms with van der Waals surface area (Å²) >= 11 is 0. The summed E-state index contributed by atoms with van der Waals surface area (Å²) in [5.41, 5.74) is 1.31. The van der Waals surface area contributed by atoms with Gasteiger partial charge in [0.2, 0.25) is 17.5 Å². The maximum atomic E-state index is 9.26. The van der Waals surface area contributed by atoms with E-state index < -0.39 is 0 Å². The van der Waals surface area contributed by atoms with E-state index in [2.05, 4.69) is 11.1 Å². The minimum absolute atomic E-state index is 0.309. The smallest absolute Gasteiger partial charge is 0.235 e. The number of nitrogens with zero attached hydrogens (tertiary/aromatic N) is 3. The molecule has 2 heterocycles. The van der Waals surface area contributed by atoms with Gasteiger partial charge < -0.3 is 18.8 Å². The second-order valence-electron chi connectivity index (χ2n) is 5.25. The number of aromatic nitrogens is 1. The fourth-order valence-corrected chi connectivity index (χ4v) is 2.46. The van der Waals surface area contributed by atoms with Crippen LogP contribution < -0.4 is 9.64 Å². The van der Waals surface area contributed by atoms with Gasteiger partial charge in [-0.05, 0) is 30.7 Å². The number of morpholine rings is 1. The molecule has 2 aromatic rings. The average Bonchev–Trinajstić information content (AvgIpc) is 3.05. The Kier molecular flexibility index (Phi) is 5.14. The fraction of sp³-hybridized carbons (Fsp3) is 0.333. The largest absolute Gasteiger partial charge is 0.494 e. The molecule has 0 bridgehead atoms. The molecule has 24 heavy (non-hydrogen) atoms. The number of hydrogen-bond donors (Lipinski definition) is 0. The van der Waals surface area contributed by atoms with Gasteiger partial charge in [0.15, 0.2) is 0 Å². The summed E-state index contributed by atoms with van der Waals surface area (Å²) in [5.74, 6) is 1.78. The highest BCUT2D eigenvalue weighted by atomic mass is 16.5. The topological polar surface area (TPSA) is 71.5 Å². The van der Waals surface area contributed by atoms with E-state index in [0.29, 0.717) is 50.4 Å². The van der Waals surface area contributed by atoms with Gasteiger partial charge in [0.05, 0.1) is 19.8 Å². The van der Waals surface area contributed by atoms with Gasteiger partial charge in [0, 0.05) is 19.2 Å². The van der Waals surface area contributed by atoms with Crippen molar-refractivity contribution in [3.63, 3.8) is 0 Å². The number of anilines is 1. The van der Waals surface area contributed by atoms with E-state index in [1.807, 2.05) is 42.2 Å². The van der Waals surface area contributed by atoms with Gasteiger partial charge in [-0.15, -0.1) is 0 Å². The first-order valence-corrected chi connectivity index (χ1v) is 7.94. The summed E-state index contributed by atoms with van der Waals surface area (Å²) < 4.78 is 16.5. The lowest BCUT2D eigenvalue weighted by atomic mass is 10.2. The molecule has 0 radical (unpaired) electrons. The molecule has 0 aliphatic carbocycles. The lowest BCUT2D eigenvalue weighted by Gasteiger charge is -2.25. The van der Waals surface area contributed by atoms with Crippen LogP contribution in [0.2, 0.25) is 0 Å². The van der Waals surface area contributed by atoms with Gasteiger partial charge in [-0.1, -0.05) is 12.1 Å². The molecule has 1 aromatic heterocycles. The molecule has 1 aliphatic heterocycles. The second-order valence-corrected chi connectivity index (χ2v) is 5.25. The number of nitriles is 1. The first-order chi connectivity index (χ1) is 11.8. The van der Waals surface area contributed by atoms with Crippen LogP contribution in [-0.4, -0.2) is 37.9 Å². The summed E-state index contributed by atoms with van der Waals surface area (Å²) in [7, 11) is 0. The third-order valence-corrected chi connectivity index (χ3v) is 3.64. The molecule has 0 atom stereocenters. The minimum atomic E-state index is 0.309. The molecule has 1 aromatic carbocycles. The lowest BCUT2D eigenvalue weighted by Crippen LogP contribution is -2.36.